The molecule has 9 nitrogen and oxygen atoms in total. The van der Waals surface area contributed by atoms with Crippen LogP contribution in [0.4, 0.5) is 39.5 Å². The van der Waals surface area contributed by atoms with E-state index in [-0.39, 0.29) is 14.7 Å². The van der Waals surface area contributed by atoms with Crippen LogP contribution in [0.25, 0.3) is 33.4 Å². The maximum atomic E-state index is 13.3. The van der Waals surface area contributed by atoms with Crippen molar-refractivity contribution in [3.63, 3.8) is 0 Å². The first kappa shape index (κ1) is 49.2. The van der Waals surface area contributed by atoms with E-state index in [9.17, 15) is 64.8 Å². The van der Waals surface area contributed by atoms with E-state index in [1.165, 1.54) is 36.4 Å². The van der Waals surface area contributed by atoms with E-state index < -0.39 is 94.2 Å². The van der Waals surface area contributed by atoms with Gasteiger partial charge in [0.15, 0.2) is 17.2 Å². The molecule has 4 aromatic carbocycles. The van der Waals surface area contributed by atoms with Crippen LogP contribution >= 0.6 is 30.1 Å². The normalized spacial score (nSPS) is 14.7. The summed E-state index contributed by atoms with van der Waals surface area (Å²) in [6, 6.07) is 16.0. The summed E-state index contributed by atoms with van der Waals surface area (Å²) in [4.78, 5) is 0.324. The maximum Gasteiger partial charge on any atom is 0.534 e. The Bertz CT molecular complexity index is 2340. The molecule has 4 aromatic rings. The summed E-state index contributed by atoms with van der Waals surface area (Å²) in [5.74, 6) is -1.75. The Morgan fingerprint density at radius 3 is 0.700 bits per heavy atom. The molecule has 0 N–H and O–H groups in total. The number of rotatable bonds is 12. The highest BCUT2D eigenvalue weighted by Gasteiger charge is 2.51. The number of alkyl halides is 9. The summed E-state index contributed by atoms with van der Waals surface area (Å²) in [5.41, 5.74) is -15.3. The summed E-state index contributed by atoms with van der Waals surface area (Å²) < 4.78 is 206. The minimum absolute atomic E-state index is 0.108. The lowest BCUT2D eigenvalue weighted by Gasteiger charge is -2.29. The van der Waals surface area contributed by atoms with Crippen molar-refractivity contribution < 1.29 is 77.3 Å². The first-order valence-corrected chi connectivity index (χ1v) is 29.2. The van der Waals surface area contributed by atoms with Crippen LogP contribution < -0.4 is 12.5 Å². The van der Waals surface area contributed by atoms with E-state index in [0.29, 0.717) is 33.4 Å². The fraction of sp³-hybridized carbons (Fsp3) is 0.333. The van der Waals surface area contributed by atoms with Gasteiger partial charge in [-0.2, -0.15) is 64.8 Å². The van der Waals surface area contributed by atoms with Gasteiger partial charge >= 0.3 is 46.9 Å². The third-order valence-corrected chi connectivity index (χ3v) is 16.0. The lowest BCUT2D eigenvalue weighted by molar-refractivity contribution is -0.0505. The van der Waals surface area contributed by atoms with E-state index in [1.54, 1.807) is 74.5 Å². The summed E-state index contributed by atoms with van der Waals surface area (Å²) in [7, 11) is -24.4. The smallest absolute Gasteiger partial charge is 0.375 e. The predicted molar refractivity (Wildman–Crippen MR) is 220 cm³/mol. The lowest BCUT2D eigenvalue weighted by atomic mass is 9.93. The average molecular weight is 979 g/mol. The molecule has 0 saturated carbocycles. The first-order chi connectivity index (χ1) is 26.7. The molecule has 0 atom stereocenters. The van der Waals surface area contributed by atoms with E-state index in [0.717, 1.165) is 18.2 Å². The molecule has 0 spiro atoms. The fourth-order valence-corrected chi connectivity index (χ4v) is 10.5. The number of hydrogen-bond acceptors (Lipinski definition) is 9. The van der Waals surface area contributed by atoms with Crippen LogP contribution in [0.5, 0.6) is 17.2 Å². The van der Waals surface area contributed by atoms with Crippen LogP contribution in [-0.4, -0.2) is 98.1 Å². The molecule has 0 radical (unpaired) electrons. The fourth-order valence-electron chi connectivity index (χ4n) is 5.33. The Morgan fingerprint density at radius 2 is 0.533 bits per heavy atom. The monoisotopic (exact) mass is 978 g/mol. The van der Waals surface area contributed by atoms with Gasteiger partial charge in [-0.3, -0.25) is 0 Å². The highest BCUT2D eigenvalue weighted by atomic mass is 32.3. The molecule has 0 aromatic heterocycles. The molecule has 0 aliphatic heterocycles. The Labute approximate surface area is 346 Å². The zero-order valence-corrected chi connectivity index (χ0v) is 37.9. The Balaban J connectivity index is 2.07. The summed E-state index contributed by atoms with van der Waals surface area (Å²) in [5, 5.41) is 0. The van der Waals surface area contributed by atoms with Crippen molar-refractivity contribution in [3.05, 3.63) is 72.8 Å². The van der Waals surface area contributed by atoms with Crippen molar-refractivity contribution in [2.45, 2.75) is 31.2 Å². The quantitative estimate of drug-likeness (QED) is 0.0774. The van der Waals surface area contributed by atoms with Crippen LogP contribution in [0.15, 0.2) is 87.5 Å². The second kappa shape index (κ2) is 16.0. The van der Waals surface area contributed by atoms with Crippen LogP contribution in [0, 0.1) is 0 Å². The van der Waals surface area contributed by atoms with Gasteiger partial charge in [0.2, 0.25) is 0 Å². The predicted octanol–water partition coefficient (Wildman–Crippen LogP) is 10.5. The molecular formula is C36H39F9O9S6. The largest absolute Gasteiger partial charge is 0.534 e. The Hall–Kier alpha value is -3.45. The third-order valence-electron chi connectivity index (χ3n) is 8.19. The standard InChI is InChI=1S/C36H39F9O9S6/c1-55(2,3)31-19-22(10-13-28(31)52-58(46,47)34(37,38)39)25-16-26(23-11-14-29(32(20-23)56(4,5)6)53-59(48,49)35(40,41)42)18-27(17-25)24-12-15-30(33(21-24)57(7,8)9)54-60(50,51)36(43,44)45/h10-21H,1-9H3. The second-order valence-electron chi connectivity index (χ2n) is 15.2. The SMILES string of the molecule is CS(C)(C)c1cc(-c2cc(-c3ccc(OS(=O)(=O)C(F)(F)F)c(S(C)(C)C)c3)cc(-c3ccc(OS(=O)(=O)C(F)(F)F)c(S(C)(C)C)c3)c2)ccc1OS(=O)(=O)C(F)(F)F. The van der Waals surface area contributed by atoms with Gasteiger partial charge in [0.05, 0.1) is 0 Å². The number of benzene rings is 4. The molecule has 0 unspecified atom stereocenters. The zero-order valence-electron chi connectivity index (χ0n) is 33.0. The van der Waals surface area contributed by atoms with Gasteiger partial charge in [-0.1, -0.05) is 18.2 Å². The molecule has 24 heteroatoms. The summed E-state index contributed by atoms with van der Waals surface area (Å²) in [6.45, 7) is 0. The number of halogens is 9. The zero-order chi connectivity index (χ0) is 46.0. The molecule has 4 rings (SSSR count). The summed E-state index contributed by atoms with van der Waals surface area (Å²) in [6.07, 6.45) is 15.0. The van der Waals surface area contributed by atoms with E-state index in [4.69, 9.17) is 0 Å². The molecule has 336 valence electrons. The topological polar surface area (TPSA) is 130 Å². The molecule has 0 amide bonds. The van der Waals surface area contributed by atoms with Crippen LogP contribution in [-0.2, 0) is 30.4 Å². The second-order valence-corrected chi connectivity index (χ2v) is 32.2. The van der Waals surface area contributed by atoms with Crippen molar-refractivity contribution in [1.29, 1.82) is 0 Å². The van der Waals surface area contributed by atoms with Crippen LogP contribution in [0.1, 0.15) is 0 Å². The van der Waals surface area contributed by atoms with Gasteiger partial charge in [-0.15, -0.1) is 0 Å². The average Bonchev–Trinajstić information content (AvgIpc) is 3.05. The third kappa shape index (κ3) is 10.9. The molecule has 0 aliphatic rings. The summed E-state index contributed by atoms with van der Waals surface area (Å²) >= 11 is 0. The van der Waals surface area contributed by atoms with Crippen molar-refractivity contribution in [3.8, 4) is 50.6 Å². The van der Waals surface area contributed by atoms with Crippen molar-refractivity contribution in [2.75, 3.05) is 56.3 Å². The van der Waals surface area contributed by atoms with Gasteiger partial charge in [-0.05, 0) is 144 Å². The first-order valence-electron chi connectivity index (χ1n) is 16.4. The molecule has 0 fully saturated rings. The Morgan fingerprint density at radius 1 is 0.333 bits per heavy atom. The molecule has 0 heterocycles. The van der Waals surface area contributed by atoms with E-state index in [1.807, 2.05) is 0 Å². The van der Waals surface area contributed by atoms with Crippen LogP contribution in [0.3, 0.4) is 0 Å². The van der Waals surface area contributed by atoms with E-state index >= 15 is 0 Å². The van der Waals surface area contributed by atoms with Crippen molar-refractivity contribution in [1.82, 2.24) is 0 Å². The highest BCUT2D eigenvalue weighted by molar-refractivity contribution is 8.32. The number of hydrogen-bond donors (Lipinski definition) is 0. The Kier molecular flexibility index (Phi) is 13.1. The van der Waals surface area contributed by atoms with Gasteiger partial charge in [0.1, 0.15) is 0 Å². The molecular weight excluding hydrogens is 940 g/mol. The lowest BCUT2D eigenvalue weighted by Crippen LogP contribution is -2.28. The molecule has 0 saturated heterocycles. The molecule has 60 heavy (non-hydrogen) atoms. The van der Waals surface area contributed by atoms with Crippen molar-refractivity contribution >= 4 is 60.4 Å². The van der Waals surface area contributed by atoms with Crippen molar-refractivity contribution in [2.24, 2.45) is 0 Å². The van der Waals surface area contributed by atoms with Gasteiger partial charge in [0.25, 0.3) is 0 Å². The van der Waals surface area contributed by atoms with Gasteiger partial charge < -0.3 is 12.5 Å². The van der Waals surface area contributed by atoms with E-state index in [2.05, 4.69) is 12.5 Å². The highest BCUT2D eigenvalue weighted by Crippen LogP contribution is 2.55. The maximum absolute atomic E-state index is 13.3. The minimum atomic E-state index is -6.08. The van der Waals surface area contributed by atoms with Gasteiger partial charge in [0, 0.05) is 14.7 Å². The molecule has 0 aliphatic carbocycles. The van der Waals surface area contributed by atoms with Gasteiger partial charge in [-0.25, -0.2) is 30.1 Å². The van der Waals surface area contributed by atoms with Crippen LogP contribution in [0.2, 0.25) is 0 Å². The molecule has 0 bridgehead atoms. The minimum Gasteiger partial charge on any atom is -0.375 e.